The van der Waals surface area contributed by atoms with Crippen molar-refractivity contribution in [2.75, 3.05) is 5.32 Å². The van der Waals surface area contributed by atoms with Crippen molar-refractivity contribution in [3.63, 3.8) is 0 Å². The minimum absolute atomic E-state index is 0.0884. The third-order valence-corrected chi connectivity index (χ3v) is 3.61. The van der Waals surface area contributed by atoms with Crippen LogP contribution in [-0.4, -0.2) is 11.0 Å². The molecule has 0 spiro atoms. The van der Waals surface area contributed by atoms with Crippen molar-refractivity contribution in [3.05, 3.63) is 58.1 Å². The van der Waals surface area contributed by atoms with Crippen LogP contribution < -0.4 is 5.32 Å². The first-order valence-electron chi connectivity index (χ1n) is 6.79. The van der Waals surface area contributed by atoms with E-state index in [-0.39, 0.29) is 17.2 Å². The topological polar surface area (TPSA) is 49.3 Å². The summed E-state index contributed by atoms with van der Waals surface area (Å²) in [4.78, 5) is 12.3. The second kappa shape index (κ2) is 6.19. The zero-order valence-electron chi connectivity index (χ0n) is 12.3. The molecule has 3 nitrogen and oxygen atoms in total. The summed E-state index contributed by atoms with van der Waals surface area (Å²) in [5, 5.41) is 13.0. The predicted octanol–water partition coefficient (Wildman–Crippen LogP) is 4.73. The van der Waals surface area contributed by atoms with E-state index in [1.54, 1.807) is 0 Å². The fourth-order valence-corrected chi connectivity index (χ4v) is 2.19. The Kier molecular flexibility index (Phi) is 4.53. The van der Waals surface area contributed by atoms with E-state index in [4.69, 9.17) is 11.6 Å². The maximum Gasteiger partial charge on any atom is 0.259 e. The van der Waals surface area contributed by atoms with Gasteiger partial charge in [0.15, 0.2) is 0 Å². The van der Waals surface area contributed by atoms with Crippen molar-refractivity contribution in [1.82, 2.24) is 0 Å². The zero-order chi connectivity index (χ0) is 15.6. The highest BCUT2D eigenvalue weighted by molar-refractivity contribution is 6.31. The number of halogens is 1. The highest BCUT2D eigenvalue weighted by atomic mass is 35.5. The van der Waals surface area contributed by atoms with Gasteiger partial charge in [0, 0.05) is 10.7 Å². The third-order valence-electron chi connectivity index (χ3n) is 3.38. The van der Waals surface area contributed by atoms with Crippen LogP contribution in [0.5, 0.6) is 5.75 Å². The number of anilines is 1. The molecular weight excluding hydrogens is 286 g/mol. The standard InChI is InChI=1S/C17H18ClNO2/c1-10(2)12-5-4-11(3)15(8-12)19-17(21)14-9-13(18)6-7-16(14)20/h4-10,20H,1-3H3,(H,19,21). The predicted molar refractivity (Wildman–Crippen MR) is 86.3 cm³/mol. The van der Waals surface area contributed by atoms with Crippen molar-refractivity contribution in [3.8, 4) is 5.75 Å². The number of aryl methyl sites for hydroxylation is 1. The van der Waals surface area contributed by atoms with Gasteiger partial charge in [0.2, 0.25) is 0 Å². The van der Waals surface area contributed by atoms with Gasteiger partial charge in [0.1, 0.15) is 5.75 Å². The fourth-order valence-electron chi connectivity index (χ4n) is 2.01. The first kappa shape index (κ1) is 15.4. The Morgan fingerprint density at radius 3 is 2.57 bits per heavy atom. The van der Waals surface area contributed by atoms with Crippen LogP contribution in [0, 0.1) is 6.92 Å². The zero-order valence-corrected chi connectivity index (χ0v) is 13.0. The quantitative estimate of drug-likeness (QED) is 0.861. The summed E-state index contributed by atoms with van der Waals surface area (Å²) in [5.74, 6) is -0.0885. The monoisotopic (exact) mass is 303 g/mol. The molecule has 0 aromatic heterocycles. The highest BCUT2D eigenvalue weighted by Crippen LogP contribution is 2.25. The molecule has 0 aliphatic carbocycles. The minimum Gasteiger partial charge on any atom is -0.507 e. The summed E-state index contributed by atoms with van der Waals surface area (Å²) in [6.45, 7) is 6.12. The first-order valence-corrected chi connectivity index (χ1v) is 7.16. The molecule has 2 N–H and O–H groups in total. The van der Waals surface area contributed by atoms with Gasteiger partial charge < -0.3 is 10.4 Å². The smallest absolute Gasteiger partial charge is 0.259 e. The van der Waals surface area contributed by atoms with E-state index in [0.717, 1.165) is 16.8 Å². The number of rotatable bonds is 3. The van der Waals surface area contributed by atoms with Crippen LogP contribution in [0.2, 0.25) is 5.02 Å². The van der Waals surface area contributed by atoms with E-state index >= 15 is 0 Å². The van der Waals surface area contributed by atoms with Crippen LogP contribution in [0.3, 0.4) is 0 Å². The van der Waals surface area contributed by atoms with Gasteiger partial charge in [-0.05, 0) is 48.2 Å². The van der Waals surface area contributed by atoms with Gasteiger partial charge in [0.25, 0.3) is 5.91 Å². The minimum atomic E-state index is -0.376. The van der Waals surface area contributed by atoms with Crippen molar-refractivity contribution in [1.29, 1.82) is 0 Å². The number of amides is 1. The van der Waals surface area contributed by atoms with Gasteiger partial charge >= 0.3 is 0 Å². The Morgan fingerprint density at radius 1 is 1.19 bits per heavy atom. The van der Waals surface area contributed by atoms with Gasteiger partial charge in [-0.15, -0.1) is 0 Å². The lowest BCUT2D eigenvalue weighted by molar-refractivity contribution is 0.102. The number of aromatic hydroxyl groups is 1. The number of benzene rings is 2. The van der Waals surface area contributed by atoms with Gasteiger partial charge in [-0.1, -0.05) is 37.6 Å². The Balaban J connectivity index is 2.31. The largest absolute Gasteiger partial charge is 0.507 e. The van der Waals surface area contributed by atoms with E-state index < -0.39 is 0 Å². The summed E-state index contributed by atoms with van der Waals surface area (Å²) in [6, 6.07) is 10.4. The van der Waals surface area contributed by atoms with Crippen LogP contribution in [0.1, 0.15) is 41.3 Å². The maximum atomic E-state index is 12.3. The molecule has 0 bridgehead atoms. The lowest BCUT2D eigenvalue weighted by Crippen LogP contribution is -2.13. The number of phenolic OH excluding ortho intramolecular Hbond substituents is 1. The molecule has 0 saturated carbocycles. The molecule has 21 heavy (non-hydrogen) atoms. The maximum absolute atomic E-state index is 12.3. The lowest BCUT2D eigenvalue weighted by atomic mass is 10.0. The Hall–Kier alpha value is -2.00. The SMILES string of the molecule is Cc1ccc(C(C)C)cc1NC(=O)c1cc(Cl)ccc1O. The molecule has 1 amide bonds. The average Bonchev–Trinajstić information content (AvgIpc) is 2.43. The fraction of sp³-hybridized carbons (Fsp3) is 0.235. The molecular formula is C17H18ClNO2. The lowest BCUT2D eigenvalue weighted by Gasteiger charge is -2.13. The molecule has 0 heterocycles. The second-order valence-electron chi connectivity index (χ2n) is 5.34. The van der Waals surface area contributed by atoms with Gasteiger partial charge in [-0.3, -0.25) is 4.79 Å². The van der Waals surface area contributed by atoms with E-state index in [1.165, 1.54) is 18.2 Å². The second-order valence-corrected chi connectivity index (χ2v) is 5.78. The Labute approximate surface area is 129 Å². The molecule has 0 aliphatic rings. The van der Waals surface area contributed by atoms with E-state index in [1.807, 2.05) is 25.1 Å². The van der Waals surface area contributed by atoms with E-state index in [0.29, 0.717) is 10.9 Å². The number of phenols is 1. The molecule has 0 atom stereocenters. The number of nitrogens with one attached hydrogen (secondary N) is 1. The molecule has 0 fully saturated rings. The van der Waals surface area contributed by atoms with Gasteiger partial charge in [-0.2, -0.15) is 0 Å². The summed E-state index contributed by atoms with van der Waals surface area (Å²) >= 11 is 5.87. The Morgan fingerprint density at radius 2 is 1.90 bits per heavy atom. The van der Waals surface area contributed by atoms with E-state index in [9.17, 15) is 9.90 Å². The molecule has 0 radical (unpaired) electrons. The van der Waals surface area contributed by atoms with Crippen LogP contribution >= 0.6 is 11.6 Å². The summed E-state index contributed by atoms with van der Waals surface area (Å²) in [5.41, 5.74) is 3.02. The van der Waals surface area contributed by atoms with E-state index in [2.05, 4.69) is 19.2 Å². The van der Waals surface area contributed by atoms with Crippen molar-refractivity contribution < 1.29 is 9.90 Å². The summed E-state index contributed by atoms with van der Waals surface area (Å²) in [7, 11) is 0. The molecule has 2 rings (SSSR count). The molecule has 0 unspecified atom stereocenters. The first-order chi connectivity index (χ1) is 9.88. The van der Waals surface area contributed by atoms with Crippen LogP contribution in [-0.2, 0) is 0 Å². The van der Waals surface area contributed by atoms with Crippen LogP contribution in [0.15, 0.2) is 36.4 Å². The van der Waals surface area contributed by atoms with Crippen molar-refractivity contribution in [2.24, 2.45) is 0 Å². The van der Waals surface area contributed by atoms with Crippen molar-refractivity contribution in [2.45, 2.75) is 26.7 Å². The number of carbonyl (C=O) groups excluding carboxylic acids is 1. The number of hydrogen-bond acceptors (Lipinski definition) is 2. The third kappa shape index (κ3) is 3.56. The van der Waals surface area contributed by atoms with Crippen molar-refractivity contribution >= 4 is 23.2 Å². The molecule has 2 aromatic carbocycles. The molecule has 0 aliphatic heterocycles. The molecule has 2 aromatic rings. The Bertz CT molecular complexity index is 680. The summed E-state index contributed by atoms with van der Waals surface area (Å²) < 4.78 is 0. The highest BCUT2D eigenvalue weighted by Gasteiger charge is 2.13. The van der Waals surface area contributed by atoms with Crippen LogP contribution in [0.4, 0.5) is 5.69 Å². The number of hydrogen-bond donors (Lipinski definition) is 2. The van der Waals surface area contributed by atoms with Gasteiger partial charge in [0.05, 0.1) is 5.56 Å². The normalized spacial score (nSPS) is 10.7. The average molecular weight is 304 g/mol. The molecule has 4 heteroatoms. The number of carbonyl (C=O) groups is 1. The molecule has 0 saturated heterocycles. The molecule has 110 valence electrons. The summed E-state index contributed by atoms with van der Waals surface area (Å²) in [6.07, 6.45) is 0. The van der Waals surface area contributed by atoms with Crippen LogP contribution in [0.25, 0.3) is 0 Å². The van der Waals surface area contributed by atoms with Gasteiger partial charge in [-0.25, -0.2) is 0 Å².